The quantitative estimate of drug-likeness (QED) is 0.230. The van der Waals surface area contributed by atoms with Crippen molar-refractivity contribution in [1.82, 2.24) is 20.3 Å². The van der Waals surface area contributed by atoms with Gasteiger partial charge < -0.3 is 15.4 Å². The first-order valence-electron chi connectivity index (χ1n) is 12.7. The number of thiazole rings is 1. The second kappa shape index (κ2) is 12.4. The summed E-state index contributed by atoms with van der Waals surface area (Å²) >= 11 is 3.29. The second-order valence-corrected chi connectivity index (χ2v) is 10.8. The minimum atomic E-state index is 0.514. The molecule has 1 aliphatic heterocycles. The smallest absolute Gasteiger partial charge is 0.188 e. The molecule has 0 atom stereocenters. The molecule has 0 unspecified atom stereocenters. The maximum atomic E-state index is 6.31. The minimum Gasteiger partial charge on any atom is -0.453 e. The molecule has 1 aliphatic rings. The van der Waals surface area contributed by atoms with Gasteiger partial charge in [0.1, 0.15) is 5.75 Å². The molecule has 1 fully saturated rings. The van der Waals surface area contributed by atoms with Gasteiger partial charge in [0.25, 0.3) is 0 Å². The Hall–Kier alpha value is -3.20. The standard InChI is InChI=1S/C29H31N5OS2/c1-3-8-24-23(4-2)27(13-16-31-24)37-22-17-26(35-21-9-6-5-7-10-21)28(32-18-22)34-29-33-25(19-36-29)20-11-14-30-15-12-20/h3,5-10,13,16-20,30H,4,11-12,14-15H2,1-2H3,(H,32,33,34)/b8-3-. The van der Waals surface area contributed by atoms with E-state index in [0.717, 1.165) is 59.5 Å². The van der Waals surface area contributed by atoms with Crippen LogP contribution in [0.3, 0.4) is 0 Å². The molecule has 0 spiro atoms. The number of pyridine rings is 2. The molecule has 1 aromatic carbocycles. The van der Waals surface area contributed by atoms with E-state index < -0.39 is 0 Å². The van der Waals surface area contributed by atoms with Crippen LogP contribution in [0, 0.1) is 0 Å². The average molecular weight is 530 g/mol. The Morgan fingerprint density at radius 1 is 1.16 bits per heavy atom. The number of hydrogen-bond donors (Lipinski definition) is 2. The molecule has 0 saturated carbocycles. The van der Waals surface area contributed by atoms with Crippen LogP contribution in [0.25, 0.3) is 6.08 Å². The van der Waals surface area contributed by atoms with Crippen LogP contribution in [0.4, 0.5) is 10.9 Å². The number of para-hydroxylation sites is 1. The van der Waals surface area contributed by atoms with Gasteiger partial charge in [-0.05, 0) is 69.1 Å². The van der Waals surface area contributed by atoms with Crippen molar-refractivity contribution in [3.8, 4) is 11.5 Å². The van der Waals surface area contributed by atoms with Crippen molar-refractivity contribution in [2.45, 2.75) is 48.8 Å². The van der Waals surface area contributed by atoms with Crippen LogP contribution in [0.1, 0.15) is 49.6 Å². The lowest BCUT2D eigenvalue weighted by Crippen LogP contribution is -2.26. The van der Waals surface area contributed by atoms with E-state index >= 15 is 0 Å². The minimum absolute atomic E-state index is 0.514. The van der Waals surface area contributed by atoms with Crippen molar-refractivity contribution in [3.63, 3.8) is 0 Å². The topological polar surface area (TPSA) is 72.0 Å². The summed E-state index contributed by atoms with van der Waals surface area (Å²) in [6, 6.07) is 13.9. The van der Waals surface area contributed by atoms with Crippen LogP contribution in [-0.4, -0.2) is 28.0 Å². The lowest BCUT2D eigenvalue weighted by molar-refractivity contribution is 0.455. The van der Waals surface area contributed by atoms with Crippen LogP contribution >= 0.6 is 23.1 Å². The van der Waals surface area contributed by atoms with E-state index in [4.69, 9.17) is 14.7 Å². The SMILES string of the molecule is C/C=C\c1nccc(Sc2cnc(Nc3nc(C4CCNCC4)cs3)c(Oc3ccccc3)c2)c1CC. The molecule has 4 aromatic rings. The normalized spacial score (nSPS) is 14.2. The Kier molecular flexibility index (Phi) is 8.50. The number of benzene rings is 1. The summed E-state index contributed by atoms with van der Waals surface area (Å²) in [5, 5.41) is 9.84. The van der Waals surface area contributed by atoms with Crippen molar-refractivity contribution >= 4 is 40.1 Å². The van der Waals surface area contributed by atoms with Gasteiger partial charge in [0.15, 0.2) is 16.7 Å². The van der Waals surface area contributed by atoms with Crippen molar-refractivity contribution in [2.75, 3.05) is 18.4 Å². The van der Waals surface area contributed by atoms with Gasteiger partial charge in [0.05, 0.1) is 11.4 Å². The van der Waals surface area contributed by atoms with Gasteiger partial charge in [-0.15, -0.1) is 11.3 Å². The molecular formula is C29H31N5OS2. The second-order valence-electron chi connectivity index (χ2n) is 8.79. The summed E-state index contributed by atoms with van der Waals surface area (Å²) in [4.78, 5) is 16.4. The van der Waals surface area contributed by atoms with E-state index in [1.165, 1.54) is 10.5 Å². The number of ether oxygens (including phenoxy) is 1. The van der Waals surface area contributed by atoms with E-state index in [9.17, 15) is 0 Å². The van der Waals surface area contributed by atoms with Gasteiger partial charge in [-0.2, -0.15) is 0 Å². The zero-order valence-corrected chi connectivity index (χ0v) is 22.7. The monoisotopic (exact) mass is 529 g/mol. The van der Waals surface area contributed by atoms with Gasteiger partial charge >= 0.3 is 0 Å². The van der Waals surface area contributed by atoms with E-state index in [-0.39, 0.29) is 0 Å². The number of nitrogens with one attached hydrogen (secondary N) is 2. The molecule has 2 N–H and O–H groups in total. The number of rotatable bonds is 9. The van der Waals surface area contributed by atoms with Crippen molar-refractivity contribution in [1.29, 1.82) is 0 Å². The molecule has 4 heterocycles. The molecule has 6 nitrogen and oxygen atoms in total. The fourth-order valence-electron chi connectivity index (χ4n) is 4.39. The zero-order chi connectivity index (χ0) is 25.5. The van der Waals surface area contributed by atoms with Crippen molar-refractivity contribution in [2.24, 2.45) is 0 Å². The summed E-state index contributed by atoms with van der Waals surface area (Å²) in [6.45, 7) is 6.28. The van der Waals surface area contributed by atoms with Crippen LogP contribution in [-0.2, 0) is 6.42 Å². The Morgan fingerprint density at radius 3 is 2.78 bits per heavy atom. The van der Waals surface area contributed by atoms with Gasteiger partial charge in [-0.3, -0.25) is 4.98 Å². The number of anilines is 2. The number of nitrogens with zero attached hydrogens (tertiary/aromatic N) is 3. The van der Waals surface area contributed by atoms with Gasteiger partial charge in [-0.1, -0.05) is 43.0 Å². The molecular weight excluding hydrogens is 498 g/mol. The Morgan fingerprint density at radius 2 is 2.00 bits per heavy atom. The van der Waals surface area contributed by atoms with Crippen LogP contribution in [0.5, 0.6) is 11.5 Å². The molecule has 3 aromatic heterocycles. The summed E-state index contributed by atoms with van der Waals surface area (Å²) in [5.41, 5.74) is 3.40. The summed E-state index contributed by atoms with van der Waals surface area (Å²) in [6.07, 6.45) is 11.0. The fourth-order valence-corrected chi connectivity index (χ4v) is 6.21. The molecule has 5 rings (SSSR count). The Balaban J connectivity index is 1.43. The molecule has 8 heteroatoms. The highest BCUT2D eigenvalue weighted by Crippen LogP contribution is 2.38. The fraction of sp³-hybridized carbons (Fsp3) is 0.276. The van der Waals surface area contributed by atoms with Crippen LogP contribution in [0.2, 0.25) is 0 Å². The predicted molar refractivity (Wildman–Crippen MR) is 153 cm³/mol. The first kappa shape index (κ1) is 25.4. The molecule has 0 radical (unpaired) electrons. The first-order chi connectivity index (χ1) is 18.2. The van der Waals surface area contributed by atoms with E-state index in [1.54, 1.807) is 23.1 Å². The third kappa shape index (κ3) is 6.39. The van der Waals surface area contributed by atoms with Crippen molar-refractivity contribution < 1.29 is 4.74 Å². The van der Waals surface area contributed by atoms with Crippen LogP contribution in [0.15, 0.2) is 76.1 Å². The molecule has 1 saturated heterocycles. The molecule has 0 bridgehead atoms. The lowest BCUT2D eigenvalue weighted by atomic mass is 9.96. The highest BCUT2D eigenvalue weighted by Gasteiger charge is 2.19. The number of aromatic nitrogens is 3. The lowest BCUT2D eigenvalue weighted by Gasteiger charge is -2.20. The van der Waals surface area contributed by atoms with E-state index in [0.29, 0.717) is 17.5 Å². The summed E-state index contributed by atoms with van der Waals surface area (Å²) in [5.74, 6) is 2.59. The van der Waals surface area contributed by atoms with Crippen molar-refractivity contribution in [3.05, 3.63) is 83.3 Å². The molecule has 190 valence electrons. The van der Waals surface area contributed by atoms with Crippen LogP contribution < -0.4 is 15.4 Å². The largest absolute Gasteiger partial charge is 0.453 e. The zero-order valence-electron chi connectivity index (χ0n) is 21.1. The van der Waals surface area contributed by atoms with E-state index in [1.807, 2.05) is 61.8 Å². The van der Waals surface area contributed by atoms with Gasteiger partial charge in [0.2, 0.25) is 0 Å². The van der Waals surface area contributed by atoms with Gasteiger partial charge in [-0.25, -0.2) is 9.97 Å². The maximum Gasteiger partial charge on any atom is 0.188 e. The summed E-state index contributed by atoms with van der Waals surface area (Å²) < 4.78 is 6.31. The molecule has 37 heavy (non-hydrogen) atoms. The molecule has 0 aliphatic carbocycles. The first-order valence-corrected chi connectivity index (χ1v) is 14.4. The Bertz CT molecular complexity index is 1350. The number of allylic oxidation sites excluding steroid dienone is 1. The number of hydrogen-bond acceptors (Lipinski definition) is 8. The summed E-state index contributed by atoms with van der Waals surface area (Å²) in [7, 11) is 0. The highest BCUT2D eigenvalue weighted by atomic mass is 32.2. The number of piperidine rings is 1. The third-order valence-corrected chi connectivity index (χ3v) is 8.09. The van der Waals surface area contributed by atoms with E-state index in [2.05, 4.69) is 40.1 Å². The molecule has 0 amide bonds. The predicted octanol–water partition coefficient (Wildman–Crippen LogP) is 7.68. The average Bonchev–Trinajstić information content (AvgIpc) is 3.40. The maximum absolute atomic E-state index is 6.31. The highest BCUT2D eigenvalue weighted by molar-refractivity contribution is 7.99. The third-order valence-electron chi connectivity index (χ3n) is 6.26. The Labute approximate surface area is 226 Å². The van der Waals surface area contributed by atoms with Gasteiger partial charge in [0, 0.05) is 39.5 Å².